The van der Waals surface area contributed by atoms with Gasteiger partial charge in [0.25, 0.3) is 0 Å². The van der Waals surface area contributed by atoms with Crippen LogP contribution in [0.1, 0.15) is 56.6 Å². The third-order valence-electron chi connectivity index (χ3n) is 4.13. The second-order valence-corrected chi connectivity index (χ2v) is 5.75. The van der Waals surface area contributed by atoms with Gasteiger partial charge < -0.3 is 10.5 Å². The van der Waals surface area contributed by atoms with E-state index in [0.717, 1.165) is 31.2 Å². The van der Waals surface area contributed by atoms with Crippen molar-refractivity contribution in [2.45, 2.75) is 57.3 Å². The first kappa shape index (κ1) is 16.1. The van der Waals surface area contributed by atoms with Gasteiger partial charge in [0.05, 0.1) is 0 Å². The van der Waals surface area contributed by atoms with Crippen LogP contribution in [-0.4, -0.2) is 6.36 Å². The van der Waals surface area contributed by atoms with E-state index in [1.807, 2.05) is 0 Å². The molecule has 0 aliphatic heterocycles. The van der Waals surface area contributed by atoms with Crippen molar-refractivity contribution in [2.75, 3.05) is 0 Å². The molecule has 0 aromatic heterocycles. The number of alkyl halides is 3. The van der Waals surface area contributed by atoms with Crippen molar-refractivity contribution < 1.29 is 17.9 Å². The summed E-state index contributed by atoms with van der Waals surface area (Å²) < 4.78 is 40.8. The Bertz CT molecular complexity index is 439. The van der Waals surface area contributed by atoms with E-state index in [4.69, 9.17) is 5.73 Å². The fourth-order valence-electron chi connectivity index (χ4n) is 3.04. The van der Waals surface area contributed by atoms with Crippen molar-refractivity contribution in [1.82, 2.24) is 0 Å². The maximum absolute atomic E-state index is 12.3. The Balaban J connectivity index is 2.06. The average Bonchev–Trinajstić information content (AvgIpc) is 2.36. The van der Waals surface area contributed by atoms with Gasteiger partial charge in [-0.25, -0.2) is 0 Å². The Morgan fingerprint density at radius 1 is 1.05 bits per heavy atom. The molecule has 1 aromatic carbocycles. The topological polar surface area (TPSA) is 35.2 Å². The molecule has 0 amide bonds. The predicted octanol–water partition coefficient (Wildman–Crippen LogP) is 4.95. The van der Waals surface area contributed by atoms with Crippen LogP contribution in [0.4, 0.5) is 13.2 Å². The van der Waals surface area contributed by atoms with Gasteiger partial charge in [-0.3, -0.25) is 0 Å². The molecule has 2 rings (SSSR count). The van der Waals surface area contributed by atoms with Crippen molar-refractivity contribution >= 4 is 0 Å². The summed E-state index contributed by atoms with van der Waals surface area (Å²) in [6.45, 7) is 0. The zero-order valence-corrected chi connectivity index (χ0v) is 12.0. The van der Waals surface area contributed by atoms with E-state index in [2.05, 4.69) is 4.74 Å². The van der Waals surface area contributed by atoms with E-state index in [-0.39, 0.29) is 11.8 Å². The molecule has 118 valence electrons. The van der Waals surface area contributed by atoms with Gasteiger partial charge in [0, 0.05) is 6.04 Å². The quantitative estimate of drug-likeness (QED) is 0.857. The van der Waals surface area contributed by atoms with Crippen molar-refractivity contribution in [3.63, 3.8) is 0 Å². The highest BCUT2D eigenvalue weighted by Gasteiger charge is 2.31. The second-order valence-electron chi connectivity index (χ2n) is 5.75. The van der Waals surface area contributed by atoms with Crippen LogP contribution in [0.25, 0.3) is 0 Å². The van der Waals surface area contributed by atoms with E-state index in [9.17, 15) is 13.2 Å². The first-order valence-electron chi connectivity index (χ1n) is 7.57. The Morgan fingerprint density at radius 2 is 1.67 bits per heavy atom. The minimum Gasteiger partial charge on any atom is -0.406 e. The average molecular weight is 301 g/mol. The van der Waals surface area contributed by atoms with Crippen molar-refractivity contribution in [1.29, 1.82) is 0 Å². The summed E-state index contributed by atoms with van der Waals surface area (Å²) in [7, 11) is 0. The lowest BCUT2D eigenvalue weighted by Gasteiger charge is -2.26. The van der Waals surface area contributed by atoms with Gasteiger partial charge in [0.15, 0.2) is 0 Å². The number of halogens is 3. The van der Waals surface area contributed by atoms with Crippen molar-refractivity contribution in [2.24, 2.45) is 11.7 Å². The van der Waals surface area contributed by atoms with Gasteiger partial charge in [-0.15, -0.1) is 13.2 Å². The monoisotopic (exact) mass is 301 g/mol. The van der Waals surface area contributed by atoms with E-state index in [1.54, 1.807) is 12.1 Å². The zero-order valence-electron chi connectivity index (χ0n) is 12.0. The molecule has 1 aliphatic carbocycles. The Kier molecular flexibility index (Phi) is 5.51. The molecule has 1 atom stereocenters. The zero-order chi connectivity index (χ0) is 15.3. The van der Waals surface area contributed by atoms with Gasteiger partial charge in [0.2, 0.25) is 0 Å². The summed E-state index contributed by atoms with van der Waals surface area (Å²) >= 11 is 0. The molecule has 1 saturated carbocycles. The summed E-state index contributed by atoms with van der Waals surface area (Å²) in [6.07, 6.45) is 3.45. The molecule has 0 bridgehead atoms. The van der Waals surface area contributed by atoms with Gasteiger partial charge in [-0.05, 0) is 36.5 Å². The summed E-state index contributed by atoms with van der Waals surface area (Å²) in [6, 6.07) is 5.85. The maximum atomic E-state index is 12.3. The number of hydrogen-bond acceptors (Lipinski definition) is 2. The third kappa shape index (κ3) is 5.23. The fourth-order valence-corrected chi connectivity index (χ4v) is 3.04. The highest BCUT2D eigenvalue weighted by molar-refractivity contribution is 5.31. The standard InChI is InChI=1S/C16H22F3NO/c17-16(18,19)21-14-10-6-9-13(11-14)15(20)12-7-4-2-1-3-5-8-12/h6,9-12,15H,1-5,7-8,20H2. The molecular weight excluding hydrogens is 279 g/mol. The summed E-state index contributed by atoms with van der Waals surface area (Å²) in [5.74, 6) is 0.146. The second kappa shape index (κ2) is 7.16. The largest absolute Gasteiger partial charge is 0.573 e. The molecule has 1 fully saturated rings. The van der Waals surface area contributed by atoms with Crippen LogP contribution in [0.15, 0.2) is 24.3 Å². The number of nitrogens with two attached hydrogens (primary N) is 1. The van der Waals surface area contributed by atoms with Crippen LogP contribution in [0.3, 0.4) is 0 Å². The number of benzene rings is 1. The molecular formula is C16H22F3NO. The van der Waals surface area contributed by atoms with E-state index in [1.165, 1.54) is 31.4 Å². The van der Waals surface area contributed by atoms with Gasteiger partial charge in [-0.1, -0.05) is 44.2 Å². The molecule has 2 N–H and O–H groups in total. The van der Waals surface area contributed by atoms with E-state index < -0.39 is 6.36 Å². The normalized spacial score (nSPS) is 19.6. The van der Waals surface area contributed by atoms with Crippen LogP contribution < -0.4 is 10.5 Å². The molecule has 5 heteroatoms. The fraction of sp³-hybridized carbons (Fsp3) is 0.625. The lowest BCUT2D eigenvalue weighted by molar-refractivity contribution is -0.274. The number of ether oxygens (including phenoxy) is 1. The molecule has 0 saturated heterocycles. The molecule has 0 heterocycles. The van der Waals surface area contributed by atoms with Gasteiger partial charge in [0.1, 0.15) is 5.75 Å². The number of hydrogen-bond donors (Lipinski definition) is 1. The Hall–Kier alpha value is -1.23. The van der Waals surface area contributed by atoms with Gasteiger partial charge >= 0.3 is 6.36 Å². The highest BCUT2D eigenvalue weighted by Crippen LogP contribution is 2.33. The summed E-state index contributed by atoms with van der Waals surface area (Å²) in [5.41, 5.74) is 7.01. The molecule has 0 radical (unpaired) electrons. The molecule has 2 nitrogen and oxygen atoms in total. The van der Waals surface area contributed by atoms with Crippen LogP contribution in [0.5, 0.6) is 5.75 Å². The first-order chi connectivity index (χ1) is 9.96. The molecule has 1 unspecified atom stereocenters. The van der Waals surface area contributed by atoms with E-state index >= 15 is 0 Å². The summed E-state index contributed by atoms with van der Waals surface area (Å²) in [5, 5.41) is 0. The highest BCUT2D eigenvalue weighted by atomic mass is 19.4. The van der Waals surface area contributed by atoms with Crippen LogP contribution in [-0.2, 0) is 0 Å². The molecule has 1 aliphatic rings. The van der Waals surface area contributed by atoms with E-state index in [0.29, 0.717) is 5.92 Å². The van der Waals surface area contributed by atoms with Crippen molar-refractivity contribution in [3.05, 3.63) is 29.8 Å². The van der Waals surface area contributed by atoms with Crippen molar-refractivity contribution in [3.8, 4) is 5.75 Å². The smallest absolute Gasteiger partial charge is 0.406 e. The van der Waals surface area contributed by atoms with Crippen LogP contribution in [0, 0.1) is 5.92 Å². The molecule has 21 heavy (non-hydrogen) atoms. The minimum atomic E-state index is -4.66. The third-order valence-corrected chi connectivity index (χ3v) is 4.13. The van der Waals surface area contributed by atoms with Crippen LogP contribution in [0.2, 0.25) is 0 Å². The maximum Gasteiger partial charge on any atom is 0.573 e. The first-order valence-corrected chi connectivity index (χ1v) is 7.57. The lowest BCUT2D eigenvalue weighted by atomic mass is 9.83. The predicted molar refractivity (Wildman–Crippen MR) is 75.9 cm³/mol. The molecule has 1 aromatic rings. The van der Waals surface area contributed by atoms with Crippen LogP contribution >= 0.6 is 0 Å². The summed E-state index contributed by atoms with van der Waals surface area (Å²) in [4.78, 5) is 0. The Morgan fingerprint density at radius 3 is 2.29 bits per heavy atom. The number of rotatable bonds is 3. The minimum absolute atomic E-state index is 0.193. The SMILES string of the molecule is NC(c1cccc(OC(F)(F)F)c1)C1CCCCCCC1. The molecule has 0 spiro atoms. The van der Waals surface area contributed by atoms with Gasteiger partial charge in [-0.2, -0.15) is 0 Å². The Labute approximate surface area is 123 Å². The lowest BCUT2D eigenvalue weighted by Crippen LogP contribution is -2.23.